The Kier molecular flexibility index (Phi) is 4.84. The number of hydrogen-bond acceptors (Lipinski definition) is 3. The molecule has 28 heavy (non-hydrogen) atoms. The van der Waals surface area contributed by atoms with E-state index in [2.05, 4.69) is 5.32 Å². The molecule has 1 atom stereocenters. The van der Waals surface area contributed by atoms with Gasteiger partial charge < -0.3 is 15.0 Å². The Morgan fingerprint density at radius 1 is 1.11 bits per heavy atom. The molecule has 146 valence electrons. The van der Waals surface area contributed by atoms with Gasteiger partial charge in [-0.3, -0.25) is 9.59 Å². The molecule has 0 unspecified atom stereocenters. The van der Waals surface area contributed by atoms with Crippen LogP contribution in [0.3, 0.4) is 0 Å². The van der Waals surface area contributed by atoms with Gasteiger partial charge in [0.05, 0.1) is 7.11 Å². The SMILES string of the molecule is COc1ccc(-c2ccccc2NC(=O)[C@H]2CCCN2C(=O)C2(C)CC2)cc1. The van der Waals surface area contributed by atoms with Crippen LogP contribution in [-0.4, -0.2) is 36.4 Å². The van der Waals surface area contributed by atoms with Gasteiger partial charge in [0.15, 0.2) is 0 Å². The van der Waals surface area contributed by atoms with Crippen molar-refractivity contribution in [3.05, 3.63) is 48.5 Å². The zero-order valence-electron chi connectivity index (χ0n) is 16.4. The van der Waals surface area contributed by atoms with Crippen LogP contribution in [-0.2, 0) is 9.59 Å². The maximum absolute atomic E-state index is 13.0. The van der Waals surface area contributed by atoms with Gasteiger partial charge in [-0.2, -0.15) is 0 Å². The van der Waals surface area contributed by atoms with E-state index in [-0.39, 0.29) is 23.3 Å². The van der Waals surface area contributed by atoms with E-state index in [1.165, 1.54) is 0 Å². The maximum Gasteiger partial charge on any atom is 0.247 e. The summed E-state index contributed by atoms with van der Waals surface area (Å²) in [6.45, 7) is 2.67. The maximum atomic E-state index is 13.0. The number of nitrogens with one attached hydrogen (secondary N) is 1. The van der Waals surface area contributed by atoms with Crippen molar-refractivity contribution in [2.45, 2.75) is 38.6 Å². The third kappa shape index (κ3) is 3.49. The fraction of sp³-hybridized carbons (Fsp3) is 0.391. The van der Waals surface area contributed by atoms with E-state index in [0.29, 0.717) is 6.54 Å². The van der Waals surface area contributed by atoms with Crippen molar-refractivity contribution >= 4 is 17.5 Å². The van der Waals surface area contributed by atoms with E-state index >= 15 is 0 Å². The monoisotopic (exact) mass is 378 g/mol. The fourth-order valence-corrected chi connectivity index (χ4v) is 3.86. The largest absolute Gasteiger partial charge is 0.497 e. The van der Waals surface area contributed by atoms with Crippen molar-refractivity contribution in [2.24, 2.45) is 5.41 Å². The van der Waals surface area contributed by atoms with Gasteiger partial charge >= 0.3 is 0 Å². The van der Waals surface area contributed by atoms with Gasteiger partial charge in [0.25, 0.3) is 0 Å². The average Bonchev–Trinajstić information content (AvgIpc) is 3.28. The van der Waals surface area contributed by atoms with Gasteiger partial charge in [0, 0.05) is 23.2 Å². The number of nitrogens with zero attached hydrogens (tertiary/aromatic N) is 1. The van der Waals surface area contributed by atoms with Crippen molar-refractivity contribution in [2.75, 3.05) is 19.0 Å². The number of methoxy groups -OCH3 is 1. The second-order valence-corrected chi connectivity index (χ2v) is 7.98. The number of carbonyl (C=O) groups excluding carboxylic acids is 2. The number of para-hydroxylation sites is 1. The highest BCUT2D eigenvalue weighted by Gasteiger charge is 2.50. The molecule has 1 saturated carbocycles. The van der Waals surface area contributed by atoms with Crippen LogP contribution in [0.1, 0.15) is 32.6 Å². The molecule has 2 aromatic carbocycles. The molecule has 0 bridgehead atoms. The summed E-state index contributed by atoms with van der Waals surface area (Å²) in [6.07, 6.45) is 3.45. The zero-order chi connectivity index (χ0) is 19.7. The number of likely N-dealkylation sites (tertiary alicyclic amines) is 1. The molecule has 1 saturated heterocycles. The second-order valence-electron chi connectivity index (χ2n) is 7.98. The molecule has 4 rings (SSSR count). The van der Waals surface area contributed by atoms with Crippen LogP contribution in [0.15, 0.2) is 48.5 Å². The first-order valence-corrected chi connectivity index (χ1v) is 9.87. The molecule has 0 aromatic heterocycles. The number of benzene rings is 2. The summed E-state index contributed by atoms with van der Waals surface area (Å²) in [6, 6.07) is 15.1. The Bertz CT molecular complexity index is 887. The van der Waals surface area contributed by atoms with Crippen LogP contribution < -0.4 is 10.1 Å². The van der Waals surface area contributed by atoms with E-state index in [1.54, 1.807) is 12.0 Å². The van der Waals surface area contributed by atoms with Crippen molar-refractivity contribution in [3.8, 4) is 16.9 Å². The Morgan fingerprint density at radius 2 is 1.82 bits per heavy atom. The fourth-order valence-electron chi connectivity index (χ4n) is 3.86. The molecule has 5 heteroatoms. The van der Waals surface area contributed by atoms with Crippen molar-refractivity contribution in [1.82, 2.24) is 4.90 Å². The molecule has 2 fully saturated rings. The summed E-state index contributed by atoms with van der Waals surface area (Å²) in [5, 5.41) is 3.07. The molecule has 1 aliphatic carbocycles. The van der Waals surface area contributed by atoms with Crippen molar-refractivity contribution < 1.29 is 14.3 Å². The molecule has 2 aromatic rings. The topological polar surface area (TPSA) is 58.6 Å². The minimum atomic E-state index is -0.381. The number of amides is 2. The average molecular weight is 378 g/mol. The summed E-state index contributed by atoms with van der Waals surface area (Å²) in [7, 11) is 1.64. The smallest absolute Gasteiger partial charge is 0.247 e. The first-order chi connectivity index (χ1) is 13.5. The normalized spacial score (nSPS) is 19.9. The molecule has 0 spiro atoms. The third-order valence-corrected chi connectivity index (χ3v) is 5.92. The van der Waals surface area contributed by atoms with E-state index in [9.17, 15) is 9.59 Å². The zero-order valence-corrected chi connectivity index (χ0v) is 16.4. The molecule has 5 nitrogen and oxygen atoms in total. The first kappa shape index (κ1) is 18.5. The molecule has 1 heterocycles. The minimum Gasteiger partial charge on any atom is -0.497 e. The third-order valence-electron chi connectivity index (χ3n) is 5.92. The standard InChI is InChI=1S/C23H26N2O3/c1-23(13-14-23)22(27)25-15-5-8-20(25)21(26)24-19-7-4-3-6-18(19)16-9-11-17(28-2)12-10-16/h3-4,6-7,9-12,20H,5,8,13-15H2,1-2H3,(H,24,26)/t20-/m1/s1. The number of anilines is 1. The summed E-state index contributed by atoms with van der Waals surface area (Å²) < 4.78 is 5.23. The van der Waals surface area contributed by atoms with Crippen molar-refractivity contribution in [1.29, 1.82) is 0 Å². The van der Waals surface area contributed by atoms with Gasteiger partial charge in [-0.15, -0.1) is 0 Å². The van der Waals surface area contributed by atoms with Crippen LogP contribution in [0.5, 0.6) is 5.75 Å². The predicted octanol–water partition coefficient (Wildman–Crippen LogP) is 4.09. The highest BCUT2D eigenvalue weighted by atomic mass is 16.5. The quantitative estimate of drug-likeness (QED) is 0.852. The number of carbonyl (C=O) groups is 2. The molecule has 1 N–H and O–H groups in total. The second kappa shape index (κ2) is 7.30. The van der Waals surface area contributed by atoms with Crippen LogP contribution in [0.25, 0.3) is 11.1 Å². The molecular formula is C23H26N2O3. The number of ether oxygens (including phenoxy) is 1. The van der Waals surface area contributed by atoms with E-state index in [4.69, 9.17) is 4.74 Å². The van der Waals surface area contributed by atoms with Gasteiger partial charge in [-0.05, 0) is 49.4 Å². The molecule has 0 radical (unpaired) electrons. The lowest BCUT2D eigenvalue weighted by Gasteiger charge is -2.27. The Hall–Kier alpha value is -2.82. The van der Waals surface area contributed by atoms with Gasteiger partial charge in [-0.25, -0.2) is 0 Å². The van der Waals surface area contributed by atoms with Gasteiger partial charge in [0.1, 0.15) is 11.8 Å². The summed E-state index contributed by atoms with van der Waals surface area (Å²) >= 11 is 0. The predicted molar refractivity (Wildman–Crippen MR) is 109 cm³/mol. The Morgan fingerprint density at radius 3 is 2.50 bits per heavy atom. The van der Waals surface area contributed by atoms with Gasteiger partial charge in [0.2, 0.25) is 11.8 Å². The number of hydrogen-bond donors (Lipinski definition) is 1. The molecule has 1 aliphatic heterocycles. The van der Waals surface area contributed by atoms with Crippen LogP contribution >= 0.6 is 0 Å². The molecular weight excluding hydrogens is 352 g/mol. The Labute approximate surface area is 165 Å². The highest BCUT2D eigenvalue weighted by molar-refractivity contribution is 6.01. The number of rotatable bonds is 5. The van der Waals surface area contributed by atoms with E-state index in [1.807, 2.05) is 55.5 Å². The summed E-state index contributed by atoms with van der Waals surface area (Å²) in [5.41, 5.74) is 2.46. The first-order valence-electron chi connectivity index (χ1n) is 9.87. The summed E-state index contributed by atoms with van der Waals surface area (Å²) in [5.74, 6) is 0.823. The lowest BCUT2D eigenvalue weighted by molar-refractivity contribution is -0.140. The van der Waals surface area contributed by atoms with Crippen LogP contribution in [0.4, 0.5) is 5.69 Å². The summed E-state index contributed by atoms with van der Waals surface area (Å²) in [4.78, 5) is 27.6. The van der Waals surface area contributed by atoms with E-state index in [0.717, 1.165) is 48.2 Å². The highest BCUT2D eigenvalue weighted by Crippen LogP contribution is 2.47. The molecule has 2 aliphatic rings. The van der Waals surface area contributed by atoms with E-state index < -0.39 is 0 Å². The van der Waals surface area contributed by atoms with Crippen LogP contribution in [0.2, 0.25) is 0 Å². The van der Waals surface area contributed by atoms with Crippen LogP contribution in [0, 0.1) is 5.41 Å². The Balaban J connectivity index is 1.54. The van der Waals surface area contributed by atoms with Gasteiger partial charge in [-0.1, -0.05) is 37.3 Å². The minimum absolute atomic E-state index is 0.101. The lowest BCUT2D eigenvalue weighted by atomic mass is 10.0. The lowest BCUT2D eigenvalue weighted by Crippen LogP contribution is -2.45. The molecule has 2 amide bonds. The van der Waals surface area contributed by atoms with Crippen molar-refractivity contribution in [3.63, 3.8) is 0 Å².